The van der Waals surface area contributed by atoms with Crippen molar-refractivity contribution in [2.75, 3.05) is 0 Å². The third-order valence-electron chi connectivity index (χ3n) is 2.69. The Morgan fingerprint density at radius 3 is 2.65 bits per heavy atom. The Balaban J connectivity index is 2.20. The van der Waals surface area contributed by atoms with Crippen molar-refractivity contribution in [3.05, 3.63) is 65.2 Å². The van der Waals surface area contributed by atoms with Crippen molar-refractivity contribution in [2.24, 2.45) is 0 Å². The maximum atomic E-state index is 13.6. The van der Waals surface area contributed by atoms with Gasteiger partial charge in [-0.3, -0.25) is 4.98 Å². The summed E-state index contributed by atoms with van der Waals surface area (Å²) in [5.74, 6) is -0.364. The SMILES string of the molecule is Cc1ccc(F)c(C(O)Cc2ccncc2)c1. The minimum atomic E-state index is -0.822. The Bertz CT molecular complexity index is 499. The van der Waals surface area contributed by atoms with Crippen LogP contribution in [0.2, 0.25) is 0 Å². The lowest BCUT2D eigenvalue weighted by molar-refractivity contribution is 0.173. The molecule has 17 heavy (non-hydrogen) atoms. The molecule has 1 unspecified atom stereocenters. The highest BCUT2D eigenvalue weighted by atomic mass is 19.1. The molecule has 1 aromatic carbocycles. The second-order valence-corrected chi connectivity index (χ2v) is 4.10. The Morgan fingerprint density at radius 1 is 1.24 bits per heavy atom. The largest absolute Gasteiger partial charge is 0.388 e. The van der Waals surface area contributed by atoms with Crippen LogP contribution >= 0.6 is 0 Å². The van der Waals surface area contributed by atoms with Crippen LogP contribution in [0.25, 0.3) is 0 Å². The molecule has 3 heteroatoms. The molecule has 1 heterocycles. The first-order valence-corrected chi connectivity index (χ1v) is 5.50. The van der Waals surface area contributed by atoms with Crippen molar-refractivity contribution in [3.8, 4) is 0 Å². The number of benzene rings is 1. The Kier molecular flexibility index (Phi) is 3.49. The van der Waals surface area contributed by atoms with E-state index in [-0.39, 0.29) is 5.82 Å². The summed E-state index contributed by atoms with van der Waals surface area (Å²) in [6.45, 7) is 1.88. The van der Waals surface area contributed by atoms with Gasteiger partial charge in [0.15, 0.2) is 0 Å². The van der Waals surface area contributed by atoms with E-state index in [1.165, 1.54) is 6.07 Å². The highest BCUT2D eigenvalue weighted by Gasteiger charge is 2.13. The van der Waals surface area contributed by atoms with Gasteiger partial charge in [-0.15, -0.1) is 0 Å². The molecule has 0 bridgehead atoms. The molecule has 0 spiro atoms. The number of hydrogen-bond donors (Lipinski definition) is 1. The number of aliphatic hydroxyl groups is 1. The van der Waals surface area contributed by atoms with Gasteiger partial charge >= 0.3 is 0 Å². The molecular formula is C14H14FNO. The average molecular weight is 231 g/mol. The van der Waals surface area contributed by atoms with E-state index in [0.717, 1.165) is 11.1 Å². The van der Waals surface area contributed by atoms with E-state index in [2.05, 4.69) is 4.98 Å². The Labute approximate surface area is 99.8 Å². The normalized spacial score (nSPS) is 12.4. The third-order valence-corrected chi connectivity index (χ3v) is 2.69. The van der Waals surface area contributed by atoms with E-state index in [1.54, 1.807) is 24.5 Å². The number of halogens is 1. The molecule has 0 aliphatic carbocycles. The Morgan fingerprint density at radius 2 is 1.94 bits per heavy atom. The van der Waals surface area contributed by atoms with Crippen LogP contribution in [0.5, 0.6) is 0 Å². The molecule has 0 aliphatic rings. The van der Waals surface area contributed by atoms with Crippen molar-refractivity contribution in [1.29, 1.82) is 0 Å². The van der Waals surface area contributed by atoms with Crippen molar-refractivity contribution >= 4 is 0 Å². The molecule has 0 fully saturated rings. The van der Waals surface area contributed by atoms with Gasteiger partial charge in [0.25, 0.3) is 0 Å². The molecule has 0 saturated carbocycles. The summed E-state index contributed by atoms with van der Waals surface area (Å²) < 4.78 is 13.6. The van der Waals surface area contributed by atoms with Crippen molar-refractivity contribution in [3.63, 3.8) is 0 Å². The fourth-order valence-electron chi connectivity index (χ4n) is 1.77. The highest BCUT2D eigenvalue weighted by molar-refractivity contribution is 5.27. The van der Waals surface area contributed by atoms with Gasteiger partial charge in [0.05, 0.1) is 6.10 Å². The lowest BCUT2D eigenvalue weighted by Crippen LogP contribution is -2.04. The predicted octanol–water partition coefficient (Wildman–Crippen LogP) is 2.81. The quantitative estimate of drug-likeness (QED) is 0.881. The first-order valence-electron chi connectivity index (χ1n) is 5.50. The lowest BCUT2D eigenvalue weighted by Gasteiger charge is -2.12. The molecule has 1 atom stereocenters. The number of aromatic nitrogens is 1. The molecular weight excluding hydrogens is 217 g/mol. The smallest absolute Gasteiger partial charge is 0.129 e. The first-order chi connectivity index (χ1) is 8.16. The number of aliphatic hydroxyl groups excluding tert-OH is 1. The second-order valence-electron chi connectivity index (χ2n) is 4.10. The average Bonchev–Trinajstić information content (AvgIpc) is 2.33. The summed E-state index contributed by atoms with van der Waals surface area (Å²) in [6, 6.07) is 8.40. The lowest BCUT2D eigenvalue weighted by atomic mass is 10.0. The topological polar surface area (TPSA) is 33.1 Å². The minimum Gasteiger partial charge on any atom is -0.388 e. The molecule has 2 aromatic rings. The van der Waals surface area contributed by atoms with Gasteiger partial charge in [-0.05, 0) is 30.7 Å². The molecule has 1 aromatic heterocycles. The predicted molar refractivity (Wildman–Crippen MR) is 64.0 cm³/mol. The number of rotatable bonds is 3. The zero-order valence-corrected chi connectivity index (χ0v) is 9.60. The number of aryl methyl sites for hydroxylation is 1. The van der Waals surface area contributed by atoms with Gasteiger partial charge in [-0.1, -0.05) is 17.7 Å². The van der Waals surface area contributed by atoms with Crippen molar-refractivity contribution < 1.29 is 9.50 Å². The van der Waals surface area contributed by atoms with Crippen LogP contribution in [0, 0.1) is 12.7 Å². The van der Waals surface area contributed by atoms with Crippen LogP contribution in [0.3, 0.4) is 0 Å². The second kappa shape index (κ2) is 5.06. The molecule has 0 amide bonds. The first kappa shape index (κ1) is 11.7. The molecule has 2 rings (SSSR count). The van der Waals surface area contributed by atoms with Crippen LogP contribution in [0.15, 0.2) is 42.7 Å². The molecule has 0 radical (unpaired) electrons. The van der Waals surface area contributed by atoms with Gasteiger partial charge in [0.2, 0.25) is 0 Å². The maximum absolute atomic E-state index is 13.6. The Hall–Kier alpha value is -1.74. The van der Waals surface area contributed by atoms with E-state index >= 15 is 0 Å². The van der Waals surface area contributed by atoms with Gasteiger partial charge in [0, 0.05) is 24.4 Å². The molecule has 2 nitrogen and oxygen atoms in total. The molecule has 0 saturated heterocycles. The monoisotopic (exact) mass is 231 g/mol. The fourth-order valence-corrected chi connectivity index (χ4v) is 1.77. The molecule has 1 N–H and O–H groups in total. The summed E-state index contributed by atoms with van der Waals surface area (Å²) in [5, 5.41) is 10.0. The van der Waals surface area contributed by atoms with Crippen LogP contribution in [-0.4, -0.2) is 10.1 Å². The number of hydrogen-bond acceptors (Lipinski definition) is 2. The summed E-state index contributed by atoms with van der Waals surface area (Å²) in [5.41, 5.74) is 2.23. The fraction of sp³-hybridized carbons (Fsp3) is 0.214. The third kappa shape index (κ3) is 2.88. The van der Waals surface area contributed by atoms with Crippen LogP contribution in [0.4, 0.5) is 4.39 Å². The number of nitrogens with zero attached hydrogens (tertiary/aromatic N) is 1. The van der Waals surface area contributed by atoms with E-state index < -0.39 is 6.10 Å². The molecule has 0 aliphatic heterocycles. The van der Waals surface area contributed by atoms with Crippen molar-refractivity contribution in [2.45, 2.75) is 19.4 Å². The summed E-state index contributed by atoms with van der Waals surface area (Å²) in [4.78, 5) is 3.90. The highest BCUT2D eigenvalue weighted by Crippen LogP contribution is 2.21. The van der Waals surface area contributed by atoms with E-state index in [9.17, 15) is 9.50 Å². The van der Waals surface area contributed by atoms with Gasteiger partial charge in [-0.25, -0.2) is 4.39 Å². The van der Waals surface area contributed by atoms with Gasteiger partial charge in [-0.2, -0.15) is 0 Å². The van der Waals surface area contributed by atoms with Crippen LogP contribution in [0.1, 0.15) is 22.8 Å². The van der Waals surface area contributed by atoms with Gasteiger partial charge < -0.3 is 5.11 Å². The van der Waals surface area contributed by atoms with E-state index in [1.807, 2.05) is 19.1 Å². The zero-order valence-electron chi connectivity index (χ0n) is 9.60. The maximum Gasteiger partial charge on any atom is 0.129 e. The zero-order chi connectivity index (χ0) is 12.3. The van der Waals surface area contributed by atoms with E-state index in [4.69, 9.17) is 0 Å². The standard InChI is InChI=1S/C14H14FNO/c1-10-2-3-13(15)12(8-10)14(17)9-11-4-6-16-7-5-11/h2-8,14,17H,9H2,1H3. The minimum absolute atomic E-state index is 0.349. The van der Waals surface area contributed by atoms with Crippen molar-refractivity contribution in [1.82, 2.24) is 4.98 Å². The summed E-state index contributed by atoms with van der Waals surface area (Å²) >= 11 is 0. The number of pyridine rings is 1. The summed E-state index contributed by atoms with van der Waals surface area (Å²) in [7, 11) is 0. The van der Waals surface area contributed by atoms with Crippen LogP contribution in [-0.2, 0) is 6.42 Å². The summed E-state index contributed by atoms with van der Waals surface area (Å²) in [6.07, 6.45) is 2.89. The van der Waals surface area contributed by atoms with Gasteiger partial charge in [0.1, 0.15) is 5.82 Å². The van der Waals surface area contributed by atoms with Crippen LogP contribution < -0.4 is 0 Å². The van der Waals surface area contributed by atoms with E-state index in [0.29, 0.717) is 12.0 Å². The molecule has 88 valence electrons.